The van der Waals surface area contributed by atoms with E-state index in [1.54, 1.807) is 6.07 Å². The molecule has 0 bridgehead atoms. The Morgan fingerprint density at radius 1 is 1.35 bits per heavy atom. The third-order valence-corrected chi connectivity index (χ3v) is 3.40. The van der Waals surface area contributed by atoms with E-state index in [2.05, 4.69) is 10.4 Å². The second-order valence-electron chi connectivity index (χ2n) is 4.57. The van der Waals surface area contributed by atoms with E-state index in [0.717, 1.165) is 10.2 Å². The van der Waals surface area contributed by atoms with Crippen LogP contribution in [0.2, 0.25) is 0 Å². The van der Waals surface area contributed by atoms with E-state index in [4.69, 9.17) is 0 Å². The van der Waals surface area contributed by atoms with Gasteiger partial charge in [-0.2, -0.15) is 9.78 Å². The van der Waals surface area contributed by atoms with Crippen LogP contribution in [-0.2, 0) is 11.2 Å². The van der Waals surface area contributed by atoms with Crippen LogP contribution in [0, 0.1) is 5.82 Å². The number of benzene rings is 1. The van der Waals surface area contributed by atoms with Crippen molar-refractivity contribution in [3.05, 3.63) is 47.4 Å². The van der Waals surface area contributed by atoms with Gasteiger partial charge in [0, 0.05) is 11.1 Å². The molecule has 0 fully saturated rings. The van der Waals surface area contributed by atoms with Gasteiger partial charge in [0.05, 0.1) is 6.20 Å². The fourth-order valence-corrected chi connectivity index (χ4v) is 2.35. The summed E-state index contributed by atoms with van der Waals surface area (Å²) in [6.07, 6.45) is 2.19. The Morgan fingerprint density at radius 2 is 2.10 bits per heavy atom. The number of fused-ring (bicyclic) bond motifs is 1. The first-order valence-corrected chi connectivity index (χ1v) is 6.30. The van der Waals surface area contributed by atoms with Crippen molar-refractivity contribution in [2.24, 2.45) is 0 Å². The second-order valence-corrected chi connectivity index (χ2v) is 4.57. The first-order chi connectivity index (χ1) is 9.63. The predicted octanol–water partition coefficient (Wildman–Crippen LogP) is 1.96. The van der Waals surface area contributed by atoms with Crippen LogP contribution in [0.15, 0.2) is 30.5 Å². The van der Waals surface area contributed by atoms with Gasteiger partial charge in [-0.1, -0.05) is 25.1 Å². The summed E-state index contributed by atoms with van der Waals surface area (Å²) in [4.78, 5) is 24.5. The maximum atomic E-state index is 13.8. The first-order valence-electron chi connectivity index (χ1n) is 6.30. The fraction of sp³-hybridized carbons (Fsp3) is 0.214. The lowest BCUT2D eigenvalue weighted by Crippen LogP contribution is -2.38. The molecule has 1 aliphatic rings. The van der Waals surface area contributed by atoms with Gasteiger partial charge in [-0.25, -0.2) is 4.39 Å². The van der Waals surface area contributed by atoms with Crippen LogP contribution in [0.1, 0.15) is 28.8 Å². The number of aryl methyl sites for hydroxylation is 1. The molecule has 1 aliphatic heterocycles. The van der Waals surface area contributed by atoms with Gasteiger partial charge in [0.15, 0.2) is 0 Å². The van der Waals surface area contributed by atoms with Gasteiger partial charge in [-0.05, 0) is 12.5 Å². The quantitative estimate of drug-likeness (QED) is 0.851. The number of hydrogen-bond acceptors (Lipinski definition) is 3. The zero-order valence-corrected chi connectivity index (χ0v) is 10.8. The van der Waals surface area contributed by atoms with Crippen LogP contribution in [0.3, 0.4) is 0 Å². The number of nitrogens with one attached hydrogen (secondary N) is 1. The average Bonchev–Trinajstić information content (AvgIpc) is 2.84. The van der Waals surface area contributed by atoms with E-state index in [0.29, 0.717) is 12.2 Å². The summed E-state index contributed by atoms with van der Waals surface area (Å²) in [5, 5.41) is 6.62. The fourth-order valence-electron chi connectivity index (χ4n) is 2.35. The lowest BCUT2D eigenvalue weighted by atomic mass is 9.95. The summed E-state index contributed by atoms with van der Waals surface area (Å²) in [6.45, 7) is 1.90. The summed E-state index contributed by atoms with van der Waals surface area (Å²) in [7, 11) is 0. The summed E-state index contributed by atoms with van der Waals surface area (Å²) in [6, 6.07) is 5.77. The highest BCUT2D eigenvalue weighted by atomic mass is 19.1. The van der Waals surface area contributed by atoms with Crippen molar-refractivity contribution < 1.29 is 14.0 Å². The van der Waals surface area contributed by atoms with Gasteiger partial charge in [0.25, 0.3) is 5.91 Å². The molecule has 3 rings (SSSR count). The molecule has 5 nitrogen and oxygen atoms in total. The summed E-state index contributed by atoms with van der Waals surface area (Å²) in [5.41, 5.74) is 0.841. The van der Waals surface area contributed by atoms with E-state index in [1.165, 1.54) is 24.4 Å². The number of amides is 1. The minimum atomic E-state index is -1.20. The highest BCUT2D eigenvalue weighted by Gasteiger charge is 2.38. The van der Waals surface area contributed by atoms with Crippen LogP contribution < -0.4 is 5.32 Å². The molecule has 0 aliphatic carbocycles. The Balaban J connectivity index is 2.10. The zero-order chi connectivity index (χ0) is 14.3. The minimum Gasteiger partial charge on any atom is -0.309 e. The molecule has 1 aromatic carbocycles. The number of carbonyl (C=O) groups excluding carboxylic acids is 2. The highest BCUT2D eigenvalue weighted by molar-refractivity contribution is 6.15. The number of halogens is 1. The summed E-state index contributed by atoms with van der Waals surface area (Å²) < 4.78 is 14.9. The molecule has 0 radical (unpaired) electrons. The molecule has 1 atom stereocenters. The largest absolute Gasteiger partial charge is 0.309 e. The van der Waals surface area contributed by atoms with Crippen molar-refractivity contribution in [3.63, 3.8) is 0 Å². The third-order valence-electron chi connectivity index (χ3n) is 3.40. The number of aromatic nitrogens is 2. The van der Waals surface area contributed by atoms with Gasteiger partial charge in [-0.15, -0.1) is 0 Å². The molecule has 102 valence electrons. The SMILES string of the molecule is CCc1cnn2c1NC(=O)C(c1ccccc1F)C2=O. The first kappa shape index (κ1) is 12.5. The van der Waals surface area contributed by atoms with Gasteiger partial charge in [-0.3, -0.25) is 9.59 Å². The predicted molar refractivity (Wildman–Crippen MR) is 70.0 cm³/mol. The molecule has 0 spiro atoms. The average molecular weight is 273 g/mol. The lowest BCUT2D eigenvalue weighted by molar-refractivity contribution is -0.117. The Morgan fingerprint density at radius 3 is 2.80 bits per heavy atom. The maximum Gasteiger partial charge on any atom is 0.265 e. The van der Waals surface area contributed by atoms with Gasteiger partial charge >= 0.3 is 0 Å². The zero-order valence-electron chi connectivity index (χ0n) is 10.8. The number of nitrogens with zero attached hydrogens (tertiary/aromatic N) is 2. The molecule has 2 heterocycles. The van der Waals surface area contributed by atoms with E-state index < -0.39 is 23.5 Å². The van der Waals surface area contributed by atoms with E-state index in [9.17, 15) is 14.0 Å². The van der Waals surface area contributed by atoms with Crippen molar-refractivity contribution in [1.82, 2.24) is 9.78 Å². The Kier molecular flexibility index (Phi) is 2.85. The number of carbonyl (C=O) groups is 2. The molecule has 2 aromatic rings. The van der Waals surface area contributed by atoms with Crippen molar-refractivity contribution >= 4 is 17.6 Å². The Labute approximate surface area is 114 Å². The van der Waals surface area contributed by atoms with Gasteiger partial charge < -0.3 is 5.32 Å². The van der Waals surface area contributed by atoms with Crippen molar-refractivity contribution in [2.75, 3.05) is 5.32 Å². The Hall–Kier alpha value is -2.50. The molecule has 1 amide bonds. The van der Waals surface area contributed by atoms with Crippen molar-refractivity contribution in [1.29, 1.82) is 0 Å². The highest BCUT2D eigenvalue weighted by Crippen LogP contribution is 2.29. The van der Waals surface area contributed by atoms with Crippen LogP contribution >= 0.6 is 0 Å². The molecule has 1 N–H and O–H groups in total. The molecule has 0 saturated carbocycles. The smallest absolute Gasteiger partial charge is 0.265 e. The second kappa shape index (κ2) is 4.56. The molecule has 0 saturated heterocycles. The number of rotatable bonds is 2. The lowest BCUT2D eigenvalue weighted by Gasteiger charge is -2.23. The van der Waals surface area contributed by atoms with Gasteiger partial charge in [0.2, 0.25) is 5.91 Å². The van der Waals surface area contributed by atoms with Crippen LogP contribution in [0.4, 0.5) is 10.2 Å². The summed E-state index contributed by atoms with van der Waals surface area (Å²) >= 11 is 0. The maximum absolute atomic E-state index is 13.8. The monoisotopic (exact) mass is 273 g/mol. The molecule has 1 aromatic heterocycles. The number of anilines is 1. The minimum absolute atomic E-state index is 0.0641. The van der Waals surface area contributed by atoms with E-state index in [-0.39, 0.29) is 5.56 Å². The van der Waals surface area contributed by atoms with Gasteiger partial charge in [0.1, 0.15) is 17.6 Å². The van der Waals surface area contributed by atoms with E-state index in [1.807, 2.05) is 6.92 Å². The molecule has 6 heteroatoms. The topological polar surface area (TPSA) is 64.0 Å². The normalized spacial score (nSPS) is 17.8. The van der Waals surface area contributed by atoms with Crippen molar-refractivity contribution in [2.45, 2.75) is 19.3 Å². The van der Waals surface area contributed by atoms with Crippen LogP contribution in [0.25, 0.3) is 0 Å². The van der Waals surface area contributed by atoms with Crippen LogP contribution in [-0.4, -0.2) is 21.6 Å². The third kappa shape index (κ3) is 1.72. The molecule has 20 heavy (non-hydrogen) atoms. The van der Waals surface area contributed by atoms with E-state index >= 15 is 0 Å². The number of hydrogen-bond donors (Lipinski definition) is 1. The molecule has 1 unspecified atom stereocenters. The molecular formula is C14H12FN3O2. The Bertz CT molecular complexity index is 708. The van der Waals surface area contributed by atoms with Crippen LogP contribution in [0.5, 0.6) is 0 Å². The standard InChI is InChI=1S/C14H12FN3O2/c1-2-8-7-16-18-12(8)17-13(19)11(14(18)20)9-5-3-4-6-10(9)15/h3-7,11H,2H2,1H3,(H,17,19). The van der Waals surface area contributed by atoms with Crippen molar-refractivity contribution in [3.8, 4) is 0 Å². The molecular weight excluding hydrogens is 261 g/mol. The summed E-state index contributed by atoms with van der Waals surface area (Å²) in [5.74, 6) is -2.45.